The summed E-state index contributed by atoms with van der Waals surface area (Å²) < 4.78 is 68.3. The van der Waals surface area contributed by atoms with Crippen LogP contribution in [0.2, 0.25) is 0 Å². The number of aliphatic hydroxyl groups excluding tert-OH is 1. The van der Waals surface area contributed by atoms with Gasteiger partial charge in [0, 0.05) is 25.7 Å². The quantitative estimate of drug-likeness (QED) is 0.0222. The molecule has 17 nitrogen and oxygen atoms in total. The molecule has 0 saturated heterocycles. The van der Waals surface area contributed by atoms with E-state index in [1.807, 2.05) is 0 Å². The molecule has 0 radical (unpaired) electrons. The third-order valence-electron chi connectivity index (χ3n) is 17.0. The summed E-state index contributed by atoms with van der Waals surface area (Å²) in [5.41, 5.74) is 0. The molecule has 5 atom stereocenters. The van der Waals surface area contributed by atoms with Gasteiger partial charge in [-0.3, -0.25) is 37.3 Å². The van der Waals surface area contributed by atoms with Crippen molar-refractivity contribution in [3.8, 4) is 0 Å². The monoisotopic (exact) mass is 1350 g/mol. The number of ether oxygens (including phenoxy) is 4. The lowest BCUT2D eigenvalue weighted by atomic mass is 10.0. The van der Waals surface area contributed by atoms with Crippen molar-refractivity contribution in [1.82, 2.24) is 0 Å². The Hall–Kier alpha value is -1.94. The molecule has 0 rings (SSSR count). The van der Waals surface area contributed by atoms with Gasteiger partial charge in [0.05, 0.1) is 26.4 Å². The number of unbranched alkanes of at least 4 members (excludes halogenated alkanes) is 45. The Morgan fingerprint density at radius 3 is 0.739 bits per heavy atom. The van der Waals surface area contributed by atoms with Crippen LogP contribution in [-0.2, 0) is 65.4 Å². The number of phosphoric ester groups is 2. The van der Waals surface area contributed by atoms with Crippen molar-refractivity contribution in [1.29, 1.82) is 0 Å². The van der Waals surface area contributed by atoms with Gasteiger partial charge in [-0.15, -0.1) is 0 Å². The Morgan fingerprint density at radius 2 is 0.500 bits per heavy atom. The fraction of sp³-hybridized carbons (Fsp3) is 0.945. The van der Waals surface area contributed by atoms with E-state index < -0.39 is 97.5 Å². The molecule has 0 saturated carbocycles. The van der Waals surface area contributed by atoms with E-state index in [-0.39, 0.29) is 25.7 Å². The van der Waals surface area contributed by atoms with Gasteiger partial charge in [0.25, 0.3) is 0 Å². The first kappa shape index (κ1) is 90.1. The second-order valence-corrected chi connectivity index (χ2v) is 29.7. The van der Waals surface area contributed by atoms with Gasteiger partial charge in [-0.2, -0.15) is 0 Å². The second-order valence-electron chi connectivity index (χ2n) is 26.8. The maximum Gasteiger partial charge on any atom is 0.472 e. The summed E-state index contributed by atoms with van der Waals surface area (Å²) in [7, 11) is -9.90. The van der Waals surface area contributed by atoms with Gasteiger partial charge in [-0.1, -0.05) is 330 Å². The van der Waals surface area contributed by atoms with E-state index in [1.54, 1.807) is 0 Å². The van der Waals surface area contributed by atoms with Crippen LogP contribution in [-0.4, -0.2) is 96.7 Å². The van der Waals surface area contributed by atoms with Crippen molar-refractivity contribution >= 4 is 39.5 Å². The van der Waals surface area contributed by atoms with Crippen molar-refractivity contribution < 1.29 is 80.2 Å². The first-order valence-corrected chi connectivity index (χ1v) is 41.1. The molecule has 0 aliphatic heterocycles. The normalized spacial score (nSPS) is 14.0. The highest BCUT2D eigenvalue weighted by Gasteiger charge is 2.30. The first-order valence-electron chi connectivity index (χ1n) is 38.1. The molecule has 0 aliphatic carbocycles. The molecule has 0 bridgehead atoms. The van der Waals surface area contributed by atoms with Gasteiger partial charge in [0.2, 0.25) is 0 Å². The maximum atomic E-state index is 13.1. The summed E-state index contributed by atoms with van der Waals surface area (Å²) >= 11 is 0. The zero-order valence-electron chi connectivity index (χ0n) is 59.7. The molecule has 546 valence electrons. The number of esters is 4. The van der Waals surface area contributed by atoms with Crippen LogP contribution >= 0.6 is 15.6 Å². The summed E-state index contributed by atoms with van der Waals surface area (Å²) in [4.78, 5) is 72.5. The average molecular weight is 1350 g/mol. The van der Waals surface area contributed by atoms with Crippen LogP contribution in [0.1, 0.15) is 381 Å². The van der Waals surface area contributed by atoms with Crippen molar-refractivity contribution in [2.75, 3.05) is 39.6 Å². The molecule has 3 N–H and O–H groups in total. The van der Waals surface area contributed by atoms with Crippen molar-refractivity contribution in [3.63, 3.8) is 0 Å². The first-order chi connectivity index (χ1) is 44.5. The summed E-state index contributed by atoms with van der Waals surface area (Å²) in [6, 6.07) is 0. The van der Waals surface area contributed by atoms with E-state index in [0.29, 0.717) is 31.6 Å². The molecule has 2 unspecified atom stereocenters. The third-order valence-corrected chi connectivity index (χ3v) is 18.9. The zero-order chi connectivity index (χ0) is 67.7. The predicted molar refractivity (Wildman–Crippen MR) is 372 cm³/mol. The zero-order valence-corrected chi connectivity index (χ0v) is 61.5. The van der Waals surface area contributed by atoms with Crippen LogP contribution in [0.15, 0.2) is 0 Å². The van der Waals surface area contributed by atoms with Crippen LogP contribution in [0, 0.1) is 5.92 Å². The van der Waals surface area contributed by atoms with Gasteiger partial charge in [-0.05, 0) is 31.6 Å². The highest BCUT2D eigenvalue weighted by molar-refractivity contribution is 7.47. The number of carbonyl (C=O) groups excluding carboxylic acids is 4. The number of carbonyl (C=O) groups is 4. The Bertz CT molecular complexity index is 1770. The van der Waals surface area contributed by atoms with E-state index in [0.717, 1.165) is 89.9 Å². The third kappa shape index (κ3) is 66.7. The summed E-state index contributed by atoms with van der Waals surface area (Å²) in [5, 5.41) is 10.6. The van der Waals surface area contributed by atoms with Crippen molar-refractivity contribution in [2.24, 2.45) is 5.92 Å². The largest absolute Gasteiger partial charge is 0.472 e. The Kier molecular flexibility index (Phi) is 64.9. The van der Waals surface area contributed by atoms with E-state index in [4.69, 9.17) is 37.0 Å². The molecule has 0 aromatic heterocycles. The molecule has 0 spiro atoms. The number of hydrogen-bond donors (Lipinski definition) is 3. The van der Waals surface area contributed by atoms with Crippen LogP contribution in [0.3, 0.4) is 0 Å². The minimum Gasteiger partial charge on any atom is -0.462 e. The van der Waals surface area contributed by atoms with Crippen LogP contribution in [0.4, 0.5) is 0 Å². The van der Waals surface area contributed by atoms with Crippen molar-refractivity contribution in [3.05, 3.63) is 0 Å². The topological polar surface area (TPSA) is 237 Å². The highest BCUT2D eigenvalue weighted by atomic mass is 31.2. The number of phosphoric acid groups is 2. The smallest absolute Gasteiger partial charge is 0.462 e. The fourth-order valence-corrected chi connectivity index (χ4v) is 12.8. The van der Waals surface area contributed by atoms with Gasteiger partial charge >= 0.3 is 39.5 Å². The second kappa shape index (κ2) is 66.3. The lowest BCUT2D eigenvalue weighted by Crippen LogP contribution is -2.30. The molecular weight excluding hydrogens is 1210 g/mol. The van der Waals surface area contributed by atoms with E-state index in [1.165, 1.54) is 205 Å². The molecule has 0 fully saturated rings. The van der Waals surface area contributed by atoms with Crippen molar-refractivity contribution in [2.45, 2.75) is 400 Å². The molecule has 0 aromatic rings. The molecule has 92 heavy (non-hydrogen) atoms. The Labute approximate surface area is 562 Å². The number of rotatable bonds is 73. The Balaban J connectivity index is 5.19. The standard InChI is InChI=1S/C73H142O17P2/c1-6-9-12-15-18-21-23-25-27-28-29-30-32-34-36-39-42-48-53-58-72(77)89-68(62-84-71(76)57-52-47-41-38-35-33-31-26-24-22-19-16-13-10-7-2)64-87-91(79,80)85-60-67(74)61-86-92(81,82)88-65-69(90-73(78)59-54-49-44-43-45-50-55-66(4)5)63-83-70(75)56-51-46-40-37-20-17-14-11-8-3/h66-69,74H,6-65H2,1-5H3,(H,79,80)(H,81,82)/t67-,68-,69-/m1/s1. The highest BCUT2D eigenvalue weighted by Crippen LogP contribution is 2.45. The molecule has 19 heteroatoms. The Morgan fingerprint density at radius 1 is 0.293 bits per heavy atom. The SMILES string of the molecule is CCCCCCCCCCCCCCCCCCCCCC(=O)O[C@H](COC(=O)CCCCCCCCCCCCCCCCC)COP(=O)(O)OC[C@@H](O)COP(=O)(O)OC[C@@H](COC(=O)CCCCCCCCCCC)OC(=O)CCCCCCCCC(C)C. The van der Waals surface area contributed by atoms with Gasteiger partial charge in [-0.25, -0.2) is 9.13 Å². The maximum absolute atomic E-state index is 13.1. The number of aliphatic hydroxyl groups is 1. The minimum atomic E-state index is -4.95. The molecule has 0 aromatic carbocycles. The molecule has 0 amide bonds. The van der Waals surface area contributed by atoms with Gasteiger partial charge < -0.3 is 33.8 Å². The van der Waals surface area contributed by atoms with Crippen LogP contribution in [0.25, 0.3) is 0 Å². The molecule has 0 heterocycles. The van der Waals surface area contributed by atoms with E-state index in [9.17, 15) is 43.2 Å². The molecule has 0 aliphatic rings. The fourth-order valence-electron chi connectivity index (χ4n) is 11.2. The average Bonchev–Trinajstić information content (AvgIpc) is 2.30. The molecular formula is C73H142O17P2. The minimum absolute atomic E-state index is 0.103. The lowest BCUT2D eigenvalue weighted by Gasteiger charge is -2.21. The van der Waals surface area contributed by atoms with Crippen LogP contribution in [0.5, 0.6) is 0 Å². The summed E-state index contributed by atoms with van der Waals surface area (Å²) in [6.45, 7) is 7.16. The summed E-state index contributed by atoms with van der Waals surface area (Å²) in [6.07, 6.45) is 54.4. The van der Waals surface area contributed by atoms with Crippen LogP contribution < -0.4 is 0 Å². The van der Waals surface area contributed by atoms with E-state index in [2.05, 4.69) is 34.6 Å². The lowest BCUT2D eigenvalue weighted by molar-refractivity contribution is -0.161. The number of hydrogen-bond acceptors (Lipinski definition) is 15. The van der Waals surface area contributed by atoms with E-state index >= 15 is 0 Å². The van der Waals surface area contributed by atoms with Gasteiger partial charge in [0.15, 0.2) is 12.2 Å². The summed E-state index contributed by atoms with van der Waals surface area (Å²) in [5.74, 6) is -1.45. The van der Waals surface area contributed by atoms with Gasteiger partial charge in [0.1, 0.15) is 19.3 Å². The predicted octanol–water partition coefficient (Wildman–Crippen LogP) is 21.3.